The third kappa shape index (κ3) is 11.3. The van der Waals surface area contributed by atoms with Crippen molar-refractivity contribution in [2.24, 2.45) is 32.9 Å². The molecule has 0 spiro atoms. The number of nitrogens with zero attached hydrogens (tertiary/aromatic N) is 4. The molecular formula is C40H53N11O6. The summed E-state index contributed by atoms with van der Waals surface area (Å²) in [6.07, 6.45) is 1.78. The highest BCUT2D eigenvalue weighted by Crippen LogP contribution is 2.25. The normalized spacial score (nSPS) is 22.1. The lowest BCUT2D eigenvalue weighted by Crippen LogP contribution is -2.58. The molecule has 0 radical (unpaired) electrons. The number of amides is 5. The van der Waals surface area contributed by atoms with Crippen LogP contribution in [0.4, 0.5) is 0 Å². The first-order chi connectivity index (χ1) is 27.3. The highest BCUT2D eigenvalue weighted by Gasteiger charge is 2.42. The molecule has 304 valence electrons. The maximum atomic E-state index is 14.6. The quantitative estimate of drug-likeness (QED) is 0.0676. The van der Waals surface area contributed by atoms with Crippen molar-refractivity contribution < 1.29 is 29.1 Å². The van der Waals surface area contributed by atoms with Gasteiger partial charge in [-0.25, -0.2) is 0 Å². The number of rotatable bonds is 12. The largest absolute Gasteiger partial charge is 0.508 e. The lowest BCUT2D eigenvalue weighted by molar-refractivity contribution is -0.148. The maximum Gasteiger partial charge on any atom is 0.246 e. The number of fused-ring (bicyclic) bond motifs is 2. The van der Waals surface area contributed by atoms with E-state index in [2.05, 4.69) is 25.9 Å². The van der Waals surface area contributed by atoms with Crippen LogP contribution in [0.1, 0.15) is 49.7 Å². The molecule has 5 rings (SSSR count). The average molecular weight is 784 g/mol. The van der Waals surface area contributed by atoms with Gasteiger partial charge in [-0.15, -0.1) is 0 Å². The fourth-order valence-electron chi connectivity index (χ4n) is 7.30. The van der Waals surface area contributed by atoms with E-state index in [1.807, 2.05) is 42.5 Å². The molecule has 2 saturated heterocycles. The molecule has 57 heavy (non-hydrogen) atoms. The summed E-state index contributed by atoms with van der Waals surface area (Å²) in [5, 5.41) is 20.4. The Bertz CT molecular complexity index is 1980. The Balaban J connectivity index is 1.55. The molecule has 2 aliphatic heterocycles. The zero-order valence-corrected chi connectivity index (χ0v) is 32.1. The van der Waals surface area contributed by atoms with Gasteiger partial charge in [-0.1, -0.05) is 54.6 Å². The summed E-state index contributed by atoms with van der Waals surface area (Å²) >= 11 is 0. The standard InChI is InChI=1S/C40H53N11O6/c1-50-33(23-24-13-16-28(52)17-14-24)36(55)48-30(10-5-19-46-40(43)44)34(53)47-29(9-4-18-45-39(41)42)35(54)49-31(37(56)51-20-6-11-32(51)38(50)57)22-25-12-15-26-7-2-3-8-27(26)21-25/h2-3,7-8,12-17,21,29-33,52H,4-6,9-11,18-20,22-23H2,1H3,(H,47,53)(H,48,55)(H,49,54)(H4,41,42,45)(H4,43,44,46)/t29-,30-,31-,32-,33+/m0/s1. The van der Waals surface area contributed by atoms with E-state index < -0.39 is 59.7 Å². The molecule has 17 heteroatoms. The molecule has 0 bridgehead atoms. The summed E-state index contributed by atoms with van der Waals surface area (Å²) < 4.78 is 0. The molecule has 2 fully saturated rings. The Kier molecular flexibility index (Phi) is 14.3. The van der Waals surface area contributed by atoms with E-state index in [0.717, 1.165) is 16.3 Å². The zero-order chi connectivity index (χ0) is 41.1. The van der Waals surface area contributed by atoms with Crippen molar-refractivity contribution in [3.63, 3.8) is 0 Å². The van der Waals surface area contributed by atoms with E-state index >= 15 is 0 Å². The second-order valence-electron chi connectivity index (χ2n) is 14.5. The topological polar surface area (TPSA) is 277 Å². The Morgan fingerprint density at radius 3 is 1.88 bits per heavy atom. The van der Waals surface area contributed by atoms with E-state index in [1.54, 1.807) is 12.1 Å². The SMILES string of the molecule is CN1C(=O)[C@@H]2CCCN2C(=O)[C@H](Cc2ccc3ccccc3c2)NC(=O)[C@H](CCCN=C(N)N)NC(=O)[C@H](CCCN=C(N)N)NC(=O)[C@H]1Cc1ccc(O)cc1. The molecule has 0 aromatic heterocycles. The predicted octanol–water partition coefficient (Wildman–Crippen LogP) is -0.276. The van der Waals surface area contributed by atoms with E-state index in [9.17, 15) is 29.1 Å². The molecular weight excluding hydrogens is 731 g/mol. The average Bonchev–Trinajstić information content (AvgIpc) is 3.68. The smallest absolute Gasteiger partial charge is 0.246 e. The minimum Gasteiger partial charge on any atom is -0.508 e. The van der Waals surface area contributed by atoms with Crippen LogP contribution in [0.15, 0.2) is 76.7 Å². The number of carbonyl (C=O) groups is 5. The number of hydrogen-bond donors (Lipinski definition) is 8. The first kappa shape index (κ1) is 41.8. The molecule has 5 atom stereocenters. The van der Waals surface area contributed by atoms with Crippen LogP contribution >= 0.6 is 0 Å². The summed E-state index contributed by atoms with van der Waals surface area (Å²) in [6, 6.07) is 14.3. The van der Waals surface area contributed by atoms with E-state index in [-0.39, 0.29) is 69.4 Å². The number of carbonyl (C=O) groups excluding carboxylic acids is 5. The Hall–Kier alpha value is -6.39. The van der Waals surface area contributed by atoms with Gasteiger partial charge in [0.2, 0.25) is 29.5 Å². The molecule has 0 aliphatic carbocycles. The van der Waals surface area contributed by atoms with Crippen molar-refractivity contribution in [3.05, 3.63) is 77.9 Å². The van der Waals surface area contributed by atoms with Crippen LogP contribution < -0.4 is 38.9 Å². The minimum absolute atomic E-state index is 0.0292. The number of aromatic hydroxyl groups is 1. The first-order valence-corrected chi connectivity index (χ1v) is 19.2. The van der Waals surface area contributed by atoms with Crippen molar-refractivity contribution >= 4 is 52.2 Å². The Labute approximate surface area is 331 Å². The van der Waals surface area contributed by atoms with Crippen LogP contribution in [0, 0.1) is 0 Å². The minimum atomic E-state index is -1.17. The number of nitrogens with two attached hydrogens (primary N) is 4. The highest BCUT2D eigenvalue weighted by molar-refractivity contribution is 5.98. The Morgan fingerprint density at radius 1 is 0.702 bits per heavy atom. The van der Waals surface area contributed by atoms with Gasteiger partial charge in [0.25, 0.3) is 0 Å². The number of hydrogen-bond acceptors (Lipinski definition) is 8. The van der Waals surface area contributed by atoms with Gasteiger partial charge >= 0.3 is 0 Å². The molecule has 12 N–H and O–H groups in total. The van der Waals surface area contributed by atoms with Crippen LogP contribution in [-0.2, 0) is 36.8 Å². The fourth-order valence-corrected chi connectivity index (χ4v) is 7.30. The molecule has 3 aromatic carbocycles. The fraction of sp³-hybridized carbons (Fsp3) is 0.425. The Morgan fingerprint density at radius 2 is 1.26 bits per heavy atom. The van der Waals surface area contributed by atoms with E-state index in [4.69, 9.17) is 22.9 Å². The van der Waals surface area contributed by atoms with Gasteiger partial charge in [0, 0.05) is 39.5 Å². The number of phenols is 1. The van der Waals surface area contributed by atoms with Gasteiger partial charge in [-0.3, -0.25) is 34.0 Å². The molecule has 0 unspecified atom stereocenters. The van der Waals surface area contributed by atoms with Gasteiger partial charge < -0.3 is 53.8 Å². The zero-order valence-electron chi connectivity index (χ0n) is 32.1. The molecule has 17 nitrogen and oxygen atoms in total. The lowest BCUT2D eigenvalue weighted by atomic mass is 9.99. The van der Waals surface area contributed by atoms with Crippen molar-refractivity contribution in [2.75, 3.05) is 26.7 Å². The summed E-state index contributed by atoms with van der Waals surface area (Å²) in [5.41, 5.74) is 23.5. The number of guanidine groups is 2. The van der Waals surface area contributed by atoms with Crippen LogP contribution in [0.3, 0.4) is 0 Å². The van der Waals surface area contributed by atoms with Crippen LogP contribution in [0.25, 0.3) is 10.8 Å². The summed E-state index contributed by atoms with van der Waals surface area (Å²) in [4.78, 5) is 82.6. The van der Waals surface area contributed by atoms with Crippen molar-refractivity contribution in [1.29, 1.82) is 0 Å². The number of benzene rings is 3. The van der Waals surface area contributed by atoms with Crippen LogP contribution in [-0.4, -0.2) is 113 Å². The summed E-state index contributed by atoms with van der Waals surface area (Å²) in [6.45, 7) is 0.595. The van der Waals surface area contributed by atoms with Crippen molar-refractivity contribution in [2.45, 2.75) is 81.6 Å². The predicted molar refractivity (Wildman–Crippen MR) is 216 cm³/mol. The molecule has 0 saturated carbocycles. The second-order valence-corrected chi connectivity index (χ2v) is 14.5. The third-order valence-corrected chi connectivity index (χ3v) is 10.3. The molecule has 3 aromatic rings. The van der Waals surface area contributed by atoms with Gasteiger partial charge in [0.15, 0.2) is 11.9 Å². The third-order valence-electron chi connectivity index (χ3n) is 10.3. The summed E-state index contributed by atoms with van der Waals surface area (Å²) in [5.74, 6) is -3.08. The molecule has 2 aliphatic rings. The number of nitrogens with one attached hydrogen (secondary N) is 3. The van der Waals surface area contributed by atoms with Crippen molar-refractivity contribution in [1.82, 2.24) is 25.8 Å². The molecule has 5 amide bonds. The summed E-state index contributed by atoms with van der Waals surface area (Å²) in [7, 11) is 1.50. The van der Waals surface area contributed by atoms with Gasteiger partial charge in [0.1, 0.15) is 36.0 Å². The van der Waals surface area contributed by atoms with E-state index in [0.29, 0.717) is 24.8 Å². The lowest BCUT2D eigenvalue weighted by Gasteiger charge is -2.34. The van der Waals surface area contributed by atoms with Gasteiger partial charge in [-0.2, -0.15) is 0 Å². The van der Waals surface area contributed by atoms with Gasteiger partial charge in [-0.05, 0) is 72.6 Å². The van der Waals surface area contributed by atoms with Crippen molar-refractivity contribution in [3.8, 4) is 5.75 Å². The number of aliphatic imine (C=N–C) groups is 2. The first-order valence-electron chi connectivity index (χ1n) is 19.2. The van der Waals surface area contributed by atoms with Crippen LogP contribution in [0.2, 0.25) is 0 Å². The number of phenolic OH excluding ortho intramolecular Hbond substituents is 1. The molecule has 2 heterocycles. The monoisotopic (exact) mass is 783 g/mol. The van der Waals surface area contributed by atoms with E-state index in [1.165, 1.54) is 29.0 Å². The highest BCUT2D eigenvalue weighted by atomic mass is 16.3. The number of likely N-dealkylation sites (N-methyl/N-ethyl adjacent to an activating group) is 1. The van der Waals surface area contributed by atoms with Gasteiger partial charge in [0.05, 0.1) is 0 Å². The maximum absolute atomic E-state index is 14.6. The second kappa shape index (κ2) is 19.5. The van der Waals surface area contributed by atoms with Crippen LogP contribution in [0.5, 0.6) is 5.75 Å².